The largest absolute Gasteiger partial charge is 0.355 e. The molecule has 1 N–H and O–H groups in total. The zero-order valence-electron chi connectivity index (χ0n) is 8.33. The van der Waals surface area contributed by atoms with Crippen molar-refractivity contribution < 1.29 is 4.79 Å². The zero-order chi connectivity index (χ0) is 10.7. The Morgan fingerprint density at radius 1 is 1.53 bits per heavy atom. The maximum atomic E-state index is 11.3. The third kappa shape index (κ3) is 3.29. The van der Waals surface area contributed by atoms with Gasteiger partial charge in [0.2, 0.25) is 5.91 Å². The van der Waals surface area contributed by atoms with E-state index in [1.165, 1.54) is 4.88 Å². The fourth-order valence-electron chi connectivity index (χ4n) is 1.66. The van der Waals surface area contributed by atoms with Crippen LogP contribution in [0.15, 0.2) is 15.9 Å². The number of nitrogens with zero attached hydrogens (tertiary/aromatic N) is 1. The standard InChI is InChI=1S/C10H13BrN2OS/c11-9-3-2-8(15-9)6-13-5-1-4-12-10(14)7-13/h2-3H,1,4-7H2,(H,12,14). The highest BCUT2D eigenvalue weighted by Gasteiger charge is 2.14. The molecule has 1 aromatic rings. The van der Waals surface area contributed by atoms with Gasteiger partial charge < -0.3 is 5.32 Å². The average Bonchev–Trinajstić information content (AvgIpc) is 2.46. The Balaban J connectivity index is 1.95. The number of hydrogen-bond acceptors (Lipinski definition) is 3. The van der Waals surface area contributed by atoms with Crippen LogP contribution in [0.2, 0.25) is 0 Å². The number of carbonyl (C=O) groups excluding carboxylic acids is 1. The van der Waals surface area contributed by atoms with Gasteiger partial charge in [0.1, 0.15) is 0 Å². The van der Waals surface area contributed by atoms with Gasteiger partial charge in [-0.25, -0.2) is 0 Å². The van der Waals surface area contributed by atoms with Gasteiger partial charge in [0.25, 0.3) is 0 Å². The highest BCUT2D eigenvalue weighted by atomic mass is 79.9. The first kappa shape index (κ1) is 11.1. The van der Waals surface area contributed by atoms with Gasteiger partial charge in [-0.3, -0.25) is 9.69 Å². The summed E-state index contributed by atoms with van der Waals surface area (Å²) in [5.74, 6) is 0.142. The summed E-state index contributed by atoms with van der Waals surface area (Å²) >= 11 is 5.18. The second kappa shape index (κ2) is 5.09. The van der Waals surface area contributed by atoms with Crippen LogP contribution in [-0.2, 0) is 11.3 Å². The quantitative estimate of drug-likeness (QED) is 0.901. The predicted molar refractivity (Wildman–Crippen MR) is 64.9 cm³/mol. The van der Waals surface area contributed by atoms with Crippen molar-refractivity contribution in [1.29, 1.82) is 0 Å². The third-order valence-corrected chi connectivity index (χ3v) is 3.96. The van der Waals surface area contributed by atoms with Crippen molar-refractivity contribution in [1.82, 2.24) is 10.2 Å². The molecule has 0 unspecified atom stereocenters. The summed E-state index contributed by atoms with van der Waals surface area (Å²) in [6, 6.07) is 4.16. The number of carbonyl (C=O) groups is 1. The normalized spacial score (nSPS) is 18.6. The molecular formula is C10H13BrN2OS. The van der Waals surface area contributed by atoms with Crippen LogP contribution in [0, 0.1) is 0 Å². The molecule has 1 saturated heterocycles. The van der Waals surface area contributed by atoms with Gasteiger partial charge in [-0.05, 0) is 34.5 Å². The van der Waals surface area contributed by atoms with E-state index in [1.54, 1.807) is 11.3 Å². The molecule has 0 atom stereocenters. The van der Waals surface area contributed by atoms with Crippen LogP contribution < -0.4 is 5.32 Å². The lowest BCUT2D eigenvalue weighted by Gasteiger charge is -2.16. The maximum absolute atomic E-state index is 11.3. The average molecular weight is 289 g/mol. The lowest BCUT2D eigenvalue weighted by molar-refractivity contribution is -0.121. The highest BCUT2D eigenvalue weighted by molar-refractivity contribution is 9.11. The van der Waals surface area contributed by atoms with Crippen molar-refractivity contribution >= 4 is 33.2 Å². The van der Waals surface area contributed by atoms with Gasteiger partial charge in [-0.1, -0.05) is 0 Å². The van der Waals surface area contributed by atoms with E-state index in [9.17, 15) is 4.79 Å². The first-order chi connectivity index (χ1) is 7.24. The van der Waals surface area contributed by atoms with E-state index in [2.05, 4.69) is 38.3 Å². The van der Waals surface area contributed by atoms with E-state index in [0.717, 1.165) is 29.8 Å². The maximum Gasteiger partial charge on any atom is 0.234 e. The minimum Gasteiger partial charge on any atom is -0.355 e. The molecule has 0 radical (unpaired) electrons. The molecule has 1 aliphatic heterocycles. The minimum atomic E-state index is 0.142. The Morgan fingerprint density at radius 3 is 3.13 bits per heavy atom. The number of rotatable bonds is 2. The molecule has 1 fully saturated rings. The third-order valence-electron chi connectivity index (χ3n) is 2.35. The summed E-state index contributed by atoms with van der Waals surface area (Å²) in [6.07, 6.45) is 1.04. The second-order valence-electron chi connectivity index (χ2n) is 3.62. The fraction of sp³-hybridized carbons (Fsp3) is 0.500. The van der Waals surface area contributed by atoms with Crippen molar-refractivity contribution in [2.45, 2.75) is 13.0 Å². The van der Waals surface area contributed by atoms with E-state index in [-0.39, 0.29) is 5.91 Å². The molecule has 0 spiro atoms. The number of halogens is 1. The van der Waals surface area contributed by atoms with Crippen molar-refractivity contribution in [3.8, 4) is 0 Å². The molecule has 0 aliphatic carbocycles. The van der Waals surface area contributed by atoms with Crippen LogP contribution in [0.25, 0.3) is 0 Å². The van der Waals surface area contributed by atoms with Gasteiger partial charge >= 0.3 is 0 Å². The molecule has 15 heavy (non-hydrogen) atoms. The monoisotopic (exact) mass is 288 g/mol. The second-order valence-corrected chi connectivity index (χ2v) is 6.17. The van der Waals surface area contributed by atoms with Crippen LogP contribution in [0.4, 0.5) is 0 Å². The van der Waals surface area contributed by atoms with Crippen molar-refractivity contribution in [2.75, 3.05) is 19.6 Å². The summed E-state index contributed by atoms with van der Waals surface area (Å²) in [4.78, 5) is 14.8. The van der Waals surface area contributed by atoms with Gasteiger partial charge in [0, 0.05) is 24.5 Å². The zero-order valence-corrected chi connectivity index (χ0v) is 10.7. The van der Waals surface area contributed by atoms with Crippen molar-refractivity contribution in [3.63, 3.8) is 0 Å². The molecule has 0 aromatic carbocycles. The molecular weight excluding hydrogens is 276 g/mol. The predicted octanol–water partition coefficient (Wildman–Crippen LogP) is 1.83. The van der Waals surface area contributed by atoms with Gasteiger partial charge in [0.15, 0.2) is 0 Å². The van der Waals surface area contributed by atoms with E-state index in [0.29, 0.717) is 6.54 Å². The minimum absolute atomic E-state index is 0.142. The summed E-state index contributed by atoms with van der Waals surface area (Å²) in [6.45, 7) is 3.21. The number of amides is 1. The Kier molecular flexibility index (Phi) is 3.77. The molecule has 2 heterocycles. The summed E-state index contributed by atoms with van der Waals surface area (Å²) in [5, 5.41) is 2.88. The lowest BCUT2D eigenvalue weighted by atomic mass is 10.3. The first-order valence-electron chi connectivity index (χ1n) is 4.97. The Bertz CT molecular complexity index is 353. The molecule has 2 rings (SSSR count). The van der Waals surface area contributed by atoms with E-state index >= 15 is 0 Å². The topological polar surface area (TPSA) is 32.3 Å². The van der Waals surface area contributed by atoms with E-state index < -0.39 is 0 Å². The molecule has 3 nitrogen and oxygen atoms in total. The van der Waals surface area contributed by atoms with Gasteiger partial charge in [0.05, 0.1) is 10.3 Å². The SMILES string of the molecule is O=C1CN(Cc2ccc(Br)s2)CCCN1. The summed E-state index contributed by atoms with van der Waals surface area (Å²) < 4.78 is 1.15. The smallest absolute Gasteiger partial charge is 0.234 e. The lowest BCUT2D eigenvalue weighted by Crippen LogP contribution is -2.32. The molecule has 1 amide bonds. The van der Waals surface area contributed by atoms with Crippen LogP contribution in [0.3, 0.4) is 0 Å². The molecule has 1 aliphatic rings. The van der Waals surface area contributed by atoms with Gasteiger partial charge in [-0.2, -0.15) is 0 Å². The molecule has 82 valence electrons. The fourth-order valence-corrected chi connectivity index (χ4v) is 3.19. The number of hydrogen-bond donors (Lipinski definition) is 1. The Labute approximate surface area is 102 Å². The Morgan fingerprint density at radius 2 is 2.40 bits per heavy atom. The van der Waals surface area contributed by atoms with Crippen LogP contribution in [0.5, 0.6) is 0 Å². The van der Waals surface area contributed by atoms with Crippen molar-refractivity contribution in [3.05, 3.63) is 20.8 Å². The first-order valence-corrected chi connectivity index (χ1v) is 6.58. The molecule has 1 aromatic heterocycles. The van der Waals surface area contributed by atoms with Gasteiger partial charge in [-0.15, -0.1) is 11.3 Å². The molecule has 5 heteroatoms. The van der Waals surface area contributed by atoms with E-state index in [4.69, 9.17) is 0 Å². The van der Waals surface area contributed by atoms with E-state index in [1.807, 2.05) is 0 Å². The summed E-state index contributed by atoms with van der Waals surface area (Å²) in [7, 11) is 0. The number of nitrogens with one attached hydrogen (secondary N) is 1. The van der Waals surface area contributed by atoms with Crippen LogP contribution in [-0.4, -0.2) is 30.4 Å². The molecule has 0 saturated carbocycles. The highest BCUT2D eigenvalue weighted by Crippen LogP contribution is 2.23. The summed E-state index contributed by atoms with van der Waals surface area (Å²) in [5.41, 5.74) is 0. The molecule has 0 bridgehead atoms. The number of thiophene rings is 1. The van der Waals surface area contributed by atoms with Crippen molar-refractivity contribution in [2.24, 2.45) is 0 Å². The van der Waals surface area contributed by atoms with Crippen LogP contribution >= 0.6 is 27.3 Å². The Hall–Kier alpha value is -0.390. The van der Waals surface area contributed by atoms with Crippen LogP contribution in [0.1, 0.15) is 11.3 Å².